The maximum Gasteiger partial charge on any atom is 0.276 e. The van der Waals surface area contributed by atoms with Crippen LogP contribution in [0.2, 0.25) is 0 Å². The molecular formula is C15H25N3O2S. The van der Waals surface area contributed by atoms with E-state index in [0.29, 0.717) is 19.1 Å². The van der Waals surface area contributed by atoms with Crippen molar-refractivity contribution in [3.05, 3.63) is 29.8 Å². The van der Waals surface area contributed by atoms with Crippen LogP contribution < -0.4 is 10.5 Å². The topological polar surface area (TPSA) is 75.4 Å². The van der Waals surface area contributed by atoms with E-state index in [9.17, 15) is 8.42 Å². The molecule has 1 fully saturated rings. The zero-order chi connectivity index (χ0) is 15.7. The molecule has 0 unspecified atom stereocenters. The Morgan fingerprint density at radius 2 is 1.67 bits per heavy atom. The molecule has 1 aromatic carbocycles. The quantitative estimate of drug-likeness (QED) is 0.897. The van der Waals surface area contributed by atoms with Crippen LogP contribution in [0, 0.1) is 0 Å². The highest BCUT2D eigenvalue weighted by Gasteiger charge is 2.25. The zero-order valence-corrected chi connectivity index (χ0v) is 13.8. The van der Waals surface area contributed by atoms with Gasteiger partial charge >= 0.3 is 0 Å². The Morgan fingerprint density at radius 1 is 1.14 bits per heavy atom. The van der Waals surface area contributed by atoms with Gasteiger partial charge in [-0.15, -0.1) is 0 Å². The van der Waals surface area contributed by atoms with E-state index in [1.807, 2.05) is 0 Å². The van der Waals surface area contributed by atoms with Crippen molar-refractivity contribution >= 4 is 15.9 Å². The van der Waals surface area contributed by atoms with Gasteiger partial charge in [0.05, 0.1) is 0 Å². The van der Waals surface area contributed by atoms with Crippen molar-refractivity contribution in [2.75, 3.05) is 18.4 Å². The van der Waals surface area contributed by atoms with Gasteiger partial charge in [-0.05, 0) is 36.0 Å². The second-order valence-electron chi connectivity index (χ2n) is 6.69. The molecule has 5 nitrogen and oxygen atoms in total. The fraction of sp³-hybridized carbons (Fsp3) is 0.600. The number of benzene rings is 1. The van der Waals surface area contributed by atoms with Crippen molar-refractivity contribution in [2.45, 2.75) is 45.1 Å². The molecule has 0 aliphatic carbocycles. The van der Waals surface area contributed by atoms with Crippen molar-refractivity contribution in [3.63, 3.8) is 0 Å². The van der Waals surface area contributed by atoms with E-state index < -0.39 is 10.2 Å². The Bertz CT molecular complexity index is 568. The van der Waals surface area contributed by atoms with E-state index in [1.54, 1.807) is 0 Å². The van der Waals surface area contributed by atoms with Gasteiger partial charge in [-0.25, -0.2) is 5.14 Å². The van der Waals surface area contributed by atoms with Crippen LogP contribution in [-0.4, -0.2) is 31.9 Å². The van der Waals surface area contributed by atoms with Crippen molar-refractivity contribution in [1.29, 1.82) is 0 Å². The molecule has 0 aromatic heterocycles. The molecule has 0 spiro atoms. The van der Waals surface area contributed by atoms with Gasteiger partial charge in [0, 0.05) is 24.8 Å². The van der Waals surface area contributed by atoms with Crippen LogP contribution in [0.4, 0.5) is 5.69 Å². The normalized spacial score (nSPS) is 18.7. The molecule has 0 saturated carbocycles. The Balaban J connectivity index is 1.92. The molecule has 0 bridgehead atoms. The summed E-state index contributed by atoms with van der Waals surface area (Å²) in [6, 6.07) is 8.76. The second kappa shape index (κ2) is 5.94. The van der Waals surface area contributed by atoms with Crippen LogP contribution in [0.25, 0.3) is 0 Å². The van der Waals surface area contributed by atoms with Crippen LogP contribution in [-0.2, 0) is 15.6 Å². The molecule has 1 aromatic rings. The molecule has 21 heavy (non-hydrogen) atoms. The lowest BCUT2D eigenvalue weighted by molar-refractivity contribution is 0.330. The number of nitrogens with zero attached hydrogens (tertiary/aromatic N) is 1. The molecular weight excluding hydrogens is 286 g/mol. The van der Waals surface area contributed by atoms with Gasteiger partial charge in [0.25, 0.3) is 10.2 Å². The predicted molar refractivity (Wildman–Crippen MR) is 86.5 cm³/mol. The first-order valence-corrected chi connectivity index (χ1v) is 8.81. The molecule has 1 aliphatic rings. The predicted octanol–water partition coefficient (Wildman–Crippen LogP) is 2.06. The van der Waals surface area contributed by atoms with E-state index in [4.69, 9.17) is 5.14 Å². The SMILES string of the molecule is CC(C)(C)c1ccc(NC2CCN(S(N)(=O)=O)CC2)cc1. The lowest BCUT2D eigenvalue weighted by Gasteiger charge is -2.31. The van der Waals surface area contributed by atoms with E-state index in [2.05, 4.69) is 50.4 Å². The first-order valence-electron chi connectivity index (χ1n) is 7.31. The third-order valence-electron chi connectivity index (χ3n) is 3.94. The zero-order valence-electron chi connectivity index (χ0n) is 13.0. The van der Waals surface area contributed by atoms with Gasteiger partial charge in [-0.2, -0.15) is 12.7 Å². The van der Waals surface area contributed by atoms with Gasteiger partial charge in [0.15, 0.2) is 0 Å². The molecule has 0 radical (unpaired) electrons. The summed E-state index contributed by atoms with van der Waals surface area (Å²) in [6.07, 6.45) is 1.55. The molecule has 1 aliphatic heterocycles. The largest absolute Gasteiger partial charge is 0.382 e. The van der Waals surface area contributed by atoms with Crippen LogP contribution in [0.3, 0.4) is 0 Å². The summed E-state index contributed by atoms with van der Waals surface area (Å²) in [6.45, 7) is 7.54. The average Bonchev–Trinajstić information content (AvgIpc) is 2.38. The Hall–Kier alpha value is -1.11. The molecule has 1 saturated heterocycles. The Morgan fingerprint density at radius 3 is 2.10 bits per heavy atom. The minimum absolute atomic E-state index is 0.152. The van der Waals surface area contributed by atoms with Crippen LogP contribution in [0.1, 0.15) is 39.2 Å². The summed E-state index contributed by atoms with van der Waals surface area (Å²) in [5, 5.41) is 8.61. The highest BCUT2D eigenvalue weighted by molar-refractivity contribution is 7.86. The number of nitrogens with one attached hydrogen (secondary N) is 1. The third-order valence-corrected chi connectivity index (χ3v) is 5.02. The number of hydrogen-bond acceptors (Lipinski definition) is 3. The number of hydrogen-bond donors (Lipinski definition) is 2. The molecule has 0 amide bonds. The monoisotopic (exact) mass is 311 g/mol. The molecule has 6 heteroatoms. The highest BCUT2D eigenvalue weighted by atomic mass is 32.2. The van der Waals surface area contributed by atoms with Gasteiger partial charge in [-0.3, -0.25) is 0 Å². The lowest BCUT2D eigenvalue weighted by Crippen LogP contribution is -2.45. The van der Waals surface area contributed by atoms with Gasteiger partial charge in [-0.1, -0.05) is 32.9 Å². The number of anilines is 1. The summed E-state index contributed by atoms with van der Waals surface area (Å²) < 4.78 is 23.9. The van der Waals surface area contributed by atoms with Crippen LogP contribution in [0.15, 0.2) is 24.3 Å². The van der Waals surface area contributed by atoms with Gasteiger partial charge < -0.3 is 5.32 Å². The van der Waals surface area contributed by atoms with Crippen LogP contribution >= 0.6 is 0 Å². The number of nitrogens with two attached hydrogens (primary N) is 1. The standard InChI is InChI=1S/C15H25N3O2S/c1-15(2,3)12-4-6-13(7-5-12)17-14-8-10-18(11-9-14)21(16,19)20/h4-7,14,17H,8-11H2,1-3H3,(H2,16,19,20). The maximum absolute atomic E-state index is 11.3. The van der Waals surface area contributed by atoms with Gasteiger partial charge in [0.1, 0.15) is 0 Å². The maximum atomic E-state index is 11.3. The summed E-state index contributed by atoms with van der Waals surface area (Å²) in [5.74, 6) is 0. The molecule has 2 rings (SSSR count). The molecule has 118 valence electrons. The fourth-order valence-corrected chi connectivity index (χ4v) is 3.28. The van der Waals surface area contributed by atoms with Crippen molar-refractivity contribution < 1.29 is 8.42 Å². The third kappa shape index (κ3) is 4.43. The van der Waals surface area contributed by atoms with E-state index in [1.165, 1.54) is 9.87 Å². The van der Waals surface area contributed by atoms with Crippen molar-refractivity contribution in [1.82, 2.24) is 4.31 Å². The summed E-state index contributed by atoms with van der Waals surface area (Å²) in [5.41, 5.74) is 2.54. The first kappa shape index (κ1) is 16.3. The second-order valence-corrected chi connectivity index (χ2v) is 8.24. The highest BCUT2D eigenvalue weighted by Crippen LogP contribution is 2.24. The number of rotatable bonds is 3. The Labute approximate surface area is 127 Å². The Kier molecular flexibility index (Phi) is 4.60. The van der Waals surface area contributed by atoms with Gasteiger partial charge in [0.2, 0.25) is 0 Å². The lowest BCUT2D eigenvalue weighted by atomic mass is 9.87. The van der Waals surface area contributed by atoms with Crippen molar-refractivity contribution in [2.24, 2.45) is 5.14 Å². The molecule has 0 atom stereocenters. The number of piperidine rings is 1. The summed E-state index contributed by atoms with van der Waals surface area (Å²) in [4.78, 5) is 0. The van der Waals surface area contributed by atoms with E-state index in [0.717, 1.165) is 18.5 Å². The van der Waals surface area contributed by atoms with E-state index in [-0.39, 0.29) is 5.41 Å². The minimum Gasteiger partial charge on any atom is -0.382 e. The van der Waals surface area contributed by atoms with E-state index >= 15 is 0 Å². The summed E-state index contributed by atoms with van der Waals surface area (Å²) >= 11 is 0. The average molecular weight is 311 g/mol. The minimum atomic E-state index is -3.54. The van der Waals surface area contributed by atoms with Crippen molar-refractivity contribution in [3.8, 4) is 0 Å². The molecule has 1 heterocycles. The fourth-order valence-electron chi connectivity index (χ4n) is 2.56. The smallest absolute Gasteiger partial charge is 0.276 e. The first-order chi connectivity index (χ1) is 9.66. The molecule has 3 N–H and O–H groups in total. The summed E-state index contributed by atoms with van der Waals surface area (Å²) in [7, 11) is -3.54. The van der Waals surface area contributed by atoms with Crippen LogP contribution in [0.5, 0.6) is 0 Å².